The van der Waals surface area contributed by atoms with E-state index in [1.165, 1.54) is 0 Å². The minimum absolute atomic E-state index is 0.0247. The molecule has 5 nitrogen and oxygen atoms in total. The monoisotopic (exact) mass is 242 g/mol. The average Bonchev–Trinajstić information content (AvgIpc) is 2.36. The lowest BCUT2D eigenvalue weighted by atomic mass is 9.97. The first-order valence-electron chi connectivity index (χ1n) is 6.28. The summed E-state index contributed by atoms with van der Waals surface area (Å²) in [6, 6.07) is 0. The standard InChI is InChI=1S/C12H22N2O3/c1-3-17-12(16)10-5-8-14(9-6-10)11(15)4-7-13-2/h10,13H,3-9H2,1-2H3. The van der Waals surface area contributed by atoms with E-state index in [-0.39, 0.29) is 17.8 Å². The molecule has 1 aliphatic rings. The number of nitrogens with zero attached hydrogens (tertiary/aromatic N) is 1. The van der Waals surface area contributed by atoms with Crippen LogP contribution in [0.25, 0.3) is 0 Å². The van der Waals surface area contributed by atoms with Gasteiger partial charge in [0.05, 0.1) is 12.5 Å². The first-order chi connectivity index (χ1) is 8.19. The van der Waals surface area contributed by atoms with Crippen molar-refractivity contribution in [3.63, 3.8) is 0 Å². The SMILES string of the molecule is CCOC(=O)C1CCN(C(=O)CCNC)CC1. The molecule has 0 aromatic rings. The molecule has 0 aliphatic carbocycles. The number of piperidine rings is 1. The predicted molar refractivity (Wildman–Crippen MR) is 64.5 cm³/mol. The van der Waals surface area contributed by atoms with Gasteiger partial charge in [0.15, 0.2) is 0 Å². The summed E-state index contributed by atoms with van der Waals surface area (Å²) in [6.07, 6.45) is 1.98. The maximum atomic E-state index is 11.7. The van der Waals surface area contributed by atoms with E-state index in [2.05, 4.69) is 5.32 Å². The van der Waals surface area contributed by atoms with Crippen LogP contribution in [0.1, 0.15) is 26.2 Å². The zero-order chi connectivity index (χ0) is 12.7. The van der Waals surface area contributed by atoms with Crippen molar-refractivity contribution >= 4 is 11.9 Å². The van der Waals surface area contributed by atoms with Crippen LogP contribution >= 0.6 is 0 Å². The third-order valence-corrected chi connectivity index (χ3v) is 3.06. The Kier molecular flexibility index (Phi) is 5.97. The van der Waals surface area contributed by atoms with Crippen LogP contribution in [-0.4, -0.2) is 50.1 Å². The van der Waals surface area contributed by atoms with E-state index < -0.39 is 0 Å². The minimum atomic E-state index is -0.116. The van der Waals surface area contributed by atoms with E-state index in [4.69, 9.17) is 4.74 Å². The van der Waals surface area contributed by atoms with Crippen LogP contribution in [0.5, 0.6) is 0 Å². The molecule has 0 unspecified atom stereocenters. The topological polar surface area (TPSA) is 58.6 Å². The van der Waals surface area contributed by atoms with Gasteiger partial charge in [0.1, 0.15) is 0 Å². The van der Waals surface area contributed by atoms with Gasteiger partial charge in [-0.3, -0.25) is 9.59 Å². The molecule has 1 aliphatic heterocycles. The van der Waals surface area contributed by atoms with E-state index >= 15 is 0 Å². The lowest BCUT2D eigenvalue weighted by Crippen LogP contribution is -2.41. The van der Waals surface area contributed by atoms with Crippen LogP contribution in [-0.2, 0) is 14.3 Å². The van der Waals surface area contributed by atoms with Gasteiger partial charge < -0.3 is 15.0 Å². The second kappa shape index (κ2) is 7.27. The van der Waals surface area contributed by atoms with Gasteiger partial charge >= 0.3 is 5.97 Å². The molecule has 1 amide bonds. The molecule has 0 saturated carbocycles. The Morgan fingerprint density at radius 2 is 2.00 bits per heavy atom. The van der Waals surface area contributed by atoms with E-state index in [9.17, 15) is 9.59 Å². The predicted octanol–water partition coefficient (Wildman–Crippen LogP) is 0.398. The number of nitrogens with one attached hydrogen (secondary N) is 1. The summed E-state index contributed by atoms with van der Waals surface area (Å²) in [5.74, 6) is 0.0276. The molecule has 1 fully saturated rings. The van der Waals surface area contributed by atoms with E-state index in [1.54, 1.807) is 0 Å². The maximum Gasteiger partial charge on any atom is 0.309 e. The molecule has 98 valence electrons. The summed E-state index contributed by atoms with van der Waals surface area (Å²) >= 11 is 0. The molecular formula is C12H22N2O3. The number of ether oxygens (including phenoxy) is 1. The number of carbonyl (C=O) groups is 2. The van der Waals surface area contributed by atoms with Crippen LogP contribution in [0.3, 0.4) is 0 Å². The number of likely N-dealkylation sites (tertiary alicyclic amines) is 1. The molecule has 1 rings (SSSR count). The Morgan fingerprint density at radius 3 is 2.53 bits per heavy atom. The van der Waals surface area contributed by atoms with E-state index in [0.717, 1.165) is 12.8 Å². The highest BCUT2D eigenvalue weighted by Gasteiger charge is 2.27. The molecule has 1 heterocycles. The Bertz CT molecular complexity index is 260. The zero-order valence-electron chi connectivity index (χ0n) is 10.7. The highest BCUT2D eigenvalue weighted by atomic mass is 16.5. The second-order valence-corrected chi connectivity index (χ2v) is 4.26. The molecule has 0 bridgehead atoms. The van der Waals surface area contributed by atoms with Crippen LogP contribution in [0.2, 0.25) is 0 Å². The van der Waals surface area contributed by atoms with Gasteiger partial charge in [0.2, 0.25) is 5.91 Å². The van der Waals surface area contributed by atoms with Crippen molar-refractivity contribution in [1.29, 1.82) is 0 Å². The van der Waals surface area contributed by atoms with Crippen LogP contribution in [0.15, 0.2) is 0 Å². The molecule has 17 heavy (non-hydrogen) atoms. The summed E-state index contributed by atoms with van der Waals surface area (Å²) < 4.78 is 4.99. The second-order valence-electron chi connectivity index (χ2n) is 4.26. The van der Waals surface area contributed by atoms with Crippen LogP contribution < -0.4 is 5.32 Å². The zero-order valence-corrected chi connectivity index (χ0v) is 10.7. The smallest absolute Gasteiger partial charge is 0.309 e. The highest BCUT2D eigenvalue weighted by Crippen LogP contribution is 2.19. The number of esters is 1. The lowest BCUT2D eigenvalue weighted by Gasteiger charge is -2.30. The molecule has 0 radical (unpaired) electrons. The fourth-order valence-corrected chi connectivity index (χ4v) is 2.01. The summed E-state index contributed by atoms with van der Waals surface area (Å²) in [6.45, 7) is 4.29. The summed E-state index contributed by atoms with van der Waals surface area (Å²) in [7, 11) is 1.83. The Labute approximate surface area is 102 Å². The quantitative estimate of drug-likeness (QED) is 0.709. The van der Waals surface area contributed by atoms with Gasteiger partial charge in [-0.1, -0.05) is 0 Å². The van der Waals surface area contributed by atoms with Gasteiger partial charge in [0.25, 0.3) is 0 Å². The highest BCUT2D eigenvalue weighted by molar-refractivity contribution is 5.77. The molecular weight excluding hydrogens is 220 g/mol. The molecule has 0 aromatic heterocycles. The molecule has 0 aromatic carbocycles. The molecule has 0 spiro atoms. The van der Waals surface area contributed by atoms with Gasteiger partial charge in [-0.2, -0.15) is 0 Å². The van der Waals surface area contributed by atoms with E-state index in [0.29, 0.717) is 32.7 Å². The van der Waals surface area contributed by atoms with E-state index in [1.807, 2.05) is 18.9 Å². The first-order valence-corrected chi connectivity index (χ1v) is 6.28. The van der Waals surface area contributed by atoms with Crippen molar-refractivity contribution in [3.05, 3.63) is 0 Å². The third kappa shape index (κ3) is 4.34. The summed E-state index contributed by atoms with van der Waals surface area (Å²) in [5, 5.41) is 2.96. The molecule has 1 N–H and O–H groups in total. The third-order valence-electron chi connectivity index (χ3n) is 3.06. The number of hydrogen-bond donors (Lipinski definition) is 1. The van der Waals surface area contributed by atoms with Gasteiger partial charge in [-0.15, -0.1) is 0 Å². The van der Waals surface area contributed by atoms with Gasteiger partial charge in [-0.05, 0) is 26.8 Å². The summed E-state index contributed by atoms with van der Waals surface area (Å²) in [4.78, 5) is 25.1. The largest absolute Gasteiger partial charge is 0.466 e. The van der Waals surface area contributed by atoms with Gasteiger partial charge in [-0.25, -0.2) is 0 Å². The van der Waals surface area contributed by atoms with Crippen molar-refractivity contribution in [1.82, 2.24) is 10.2 Å². The molecule has 0 atom stereocenters. The Morgan fingerprint density at radius 1 is 1.35 bits per heavy atom. The van der Waals surface area contributed by atoms with Gasteiger partial charge in [0, 0.05) is 26.1 Å². The minimum Gasteiger partial charge on any atom is -0.466 e. The Hall–Kier alpha value is -1.10. The van der Waals surface area contributed by atoms with Crippen molar-refractivity contribution in [2.45, 2.75) is 26.2 Å². The normalized spacial score (nSPS) is 16.9. The molecule has 1 saturated heterocycles. The lowest BCUT2D eigenvalue weighted by molar-refractivity contribution is -0.151. The molecule has 5 heteroatoms. The number of hydrogen-bond acceptors (Lipinski definition) is 4. The van der Waals surface area contributed by atoms with Crippen molar-refractivity contribution < 1.29 is 14.3 Å². The van der Waals surface area contributed by atoms with Crippen LogP contribution in [0, 0.1) is 5.92 Å². The number of amides is 1. The average molecular weight is 242 g/mol. The van der Waals surface area contributed by atoms with Crippen molar-refractivity contribution in [3.8, 4) is 0 Å². The van der Waals surface area contributed by atoms with Crippen molar-refractivity contribution in [2.24, 2.45) is 5.92 Å². The fraction of sp³-hybridized carbons (Fsp3) is 0.833. The number of carbonyl (C=O) groups excluding carboxylic acids is 2. The number of rotatable bonds is 5. The first kappa shape index (κ1) is 14.0. The summed E-state index contributed by atoms with van der Waals surface area (Å²) in [5.41, 5.74) is 0. The van der Waals surface area contributed by atoms with Crippen molar-refractivity contribution in [2.75, 3.05) is 33.3 Å². The Balaban J connectivity index is 2.30. The fourth-order valence-electron chi connectivity index (χ4n) is 2.01. The maximum absolute atomic E-state index is 11.7. The van der Waals surface area contributed by atoms with Crippen LogP contribution in [0.4, 0.5) is 0 Å².